The molecule has 0 spiro atoms. The number of fused-ring (bicyclic) bond motifs is 1. The second-order valence-corrected chi connectivity index (χ2v) is 13.0. The zero-order chi connectivity index (χ0) is 33.7. The number of benzene rings is 3. The Labute approximate surface area is 283 Å². The van der Waals surface area contributed by atoms with Gasteiger partial charge in [0.05, 0.1) is 24.0 Å². The first-order valence-corrected chi connectivity index (χ1v) is 16.4. The number of rotatable bonds is 8. The fourth-order valence-electron chi connectivity index (χ4n) is 5.95. The maximum absolute atomic E-state index is 15.2. The highest BCUT2D eigenvalue weighted by atomic mass is 79.9. The Hall–Kier alpha value is -5.04. The minimum absolute atomic E-state index is 0.00912. The van der Waals surface area contributed by atoms with E-state index in [-0.39, 0.29) is 54.8 Å². The van der Waals surface area contributed by atoms with Crippen molar-refractivity contribution in [3.8, 4) is 22.9 Å². The Morgan fingerprint density at radius 1 is 1.08 bits per heavy atom. The van der Waals surface area contributed by atoms with Crippen LogP contribution in [-0.2, 0) is 19.6 Å². The smallest absolute Gasteiger partial charge is 0.333 e. The molecule has 13 heteroatoms. The van der Waals surface area contributed by atoms with Crippen LogP contribution < -0.4 is 15.7 Å². The van der Waals surface area contributed by atoms with E-state index in [1.807, 2.05) is 26.0 Å². The molecule has 1 saturated carbocycles. The molecule has 3 heterocycles. The molecule has 0 unspecified atom stereocenters. The van der Waals surface area contributed by atoms with Gasteiger partial charge in [0, 0.05) is 47.2 Å². The van der Waals surface area contributed by atoms with Gasteiger partial charge in [0.25, 0.3) is 11.8 Å². The van der Waals surface area contributed by atoms with Gasteiger partial charge in [-0.15, -0.1) is 10.2 Å². The summed E-state index contributed by atoms with van der Waals surface area (Å²) in [6.07, 6.45) is 2.20. The molecule has 0 radical (unpaired) electrons. The second-order valence-electron chi connectivity index (χ2n) is 12.2. The average molecular weight is 716 g/mol. The number of hydrogen-bond donors (Lipinski definition) is 1. The van der Waals surface area contributed by atoms with Crippen molar-refractivity contribution in [1.82, 2.24) is 29.5 Å². The van der Waals surface area contributed by atoms with Crippen molar-refractivity contribution in [2.24, 2.45) is 0 Å². The molecule has 3 aromatic carbocycles. The van der Waals surface area contributed by atoms with Crippen molar-refractivity contribution in [1.29, 1.82) is 0 Å². The molecule has 48 heavy (non-hydrogen) atoms. The highest BCUT2D eigenvalue weighted by Crippen LogP contribution is 2.30. The summed E-state index contributed by atoms with van der Waals surface area (Å²) in [7, 11) is 0. The van der Waals surface area contributed by atoms with E-state index in [9.17, 15) is 14.4 Å². The van der Waals surface area contributed by atoms with Gasteiger partial charge in [-0.05, 0) is 86.8 Å². The van der Waals surface area contributed by atoms with Crippen LogP contribution in [-0.4, -0.2) is 48.2 Å². The summed E-state index contributed by atoms with van der Waals surface area (Å²) in [6.45, 7) is 5.37. The molecule has 0 bridgehead atoms. The van der Waals surface area contributed by atoms with Crippen molar-refractivity contribution < 1.29 is 23.1 Å². The molecule has 1 aliphatic heterocycles. The molecule has 7 rings (SSSR count). The van der Waals surface area contributed by atoms with E-state index in [0.29, 0.717) is 34.1 Å². The Bertz CT molecular complexity index is 2120. The van der Waals surface area contributed by atoms with E-state index in [4.69, 9.17) is 9.15 Å². The highest BCUT2D eigenvalue weighted by Gasteiger charge is 2.35. The van der Waals surface area contributed by atoms with Gasteiger partial charge >= 0.3 is 5.69 Å². The minimum atomic E-state index is -0.614. The van der Waals surface area contributed by atoms with Gasteiger partial charge in [-0.25, -0.2) is 9.18 Å². The molecule has 1 N–H and O–H groups in total. The van der Waals surface area contributed by atoms with E-state index < -0.39 is 17.4 Å². The van der Waals surface area contributed by atoms with Gasteiger partial charge in [0.1, 0.15) is 17.3 Å². The van der Waals surface area contributed by atoms with Crippen LogP contribution >= 0.6 is 15.9 Å². The lowest BCUT2D eigenvalue weighted by Crippen LogP contribution is -2.47. The summed E-state index contributed by atoms with van der Waals surface area (Å²) < 4.78 is 30.4. The highest BCUT2D eigenvalue weighted by molar-refractivity contribution is 9.10. The van der Waals surface area contributed by atoms with Crippen LogP contribution in [0.5, 0.6) is 5.75 Å². The van der Waals surface area contributed by atoms with Crippen LogP contribution in [0.1, 0.15) is 63.3 Å². The third-order valence-corrected chi connectivity index (χ3v) is 9.54. The molecule has 1 atom stereocenters. The predicted octanol–water partition coefficient (Wildman–Crippen LogP) is 5.72. The van der Waals surface area contributed by atoms with E-state index in [0.717, 1.165) is 22.9 Å². The van der Waals surface area contributed by atoms with Crippen LogP contribution in [0.4, 0.5) is 4.39 Å². The first-order valence-electron chi connectivity index (χ1n) is 15.6. The van der Waals surface area contributed by atoms with E-state index in [1.54, 1.807) is 52.8 Å². The van der Waals surface area contributed by atoms with Gasteiger partial charge in [0.2, 0.25) is 11.8 Å². The molecule has 0 saturated heterocycles. The van der Waals surface area contributed by atoms with E-state index in [1.165, 1.54) is 16.7 Å². The van der Waals surface area contributed by atoms with Crippen LogP contribution in [0.25, 0.3) is 17.1 Å². The van der Waals surface area contributed by atoms with Crippen molar-refractivity contribution in [2.45, 2.75) is 65.4 Å². The average Bonchev–Trinajstić information content (AvgIpc) is 3.71. The number of nitrogens with one attached hydrogen (secondary N) is 1. The number of aromatic nitrogens is 4. The Kier molecular flexibility index (Phi) is 8.24. The zero-order valence-corrected chi connectivity index (χ0v) is 28.1. The SMILES string of the molecule is Cc1nnc(-c2cccc(F)c2CNC(=O)c2c3n(c(=O)n2-c2ccc(OC4CC4)cc2)C[C@H](C)N(C(=O)c2ccc(Br)c(C)c2)C3)o1. The van der Waals surface area contributed by atoms with Gasteiger partial charge in [-0.3, -0.25) is 18.7 Å². The number of imidazole rings is 1. The van der Waals surface area contributed by atoms with Crippen molar-refractivity contribution in [3.05, 3.63) is 115 Å². The molecular formula is C35H32BrFN6O5. The summed E-state index contributed by atoms with van der Waals surface area (Å²) in [5.74, 6) is -0.299. The maximum Gasteiger partial charge on any atom is 0.333 e. The normalized spacial score (nSPS) is 15.7. The molecule has 1 fully saturated rings. The Balaban J connectivity index is 1.27. The first-order chi connectivity index (χ1) is 23.1. The number of aryl methyl sites for hydroxylation is 2. The van der Waals surface area contributed by atoms with Crippen LogP contribution in [0.3, 0.4) is 0 Å². The fraction of sp³-hybridized carbons (Fsp3) is 0.286. The lowest BCUT2D eigenvalue weighted by atomic mass is 10.1. The van der Waals surface area contributed by atoms with E-state index in [2.05, 4.69) is 31.4 Å². The minimum Gasteiger partial charge on any atom is -0.490 e. The van der Waals surface area contributed by atoms with E-state index >= 15 is 4.39 Å². The van der Waals surface area contributed by atoms with Crippen molar-refractivity contribution in [3.63, 3.8) is 0 Å². The number of nitrogens with zero attached hydrogens (tertiary/aromatic N) is 5. The fourth-order valence-corrected chi connectivity index (χ4v) is 6.20. The molecular weight excluding hydrogens is 683 g/mol. The third-order valence-electron chi connectivity index (χ3n) is 8.65. The number of ether oxygens (including phenoxy) is 1. The summed E-state index contributed by atoms with van der Waals surface area (Å²) in [6, 6.07) is 16.5. The molecule has 2 aromatic heterocycles. The summed E-state index contributed by atoms with van der Waals surface area (Å²) in [5, 5.41) is 10.7. The number of amides is 2. The summed E-state index contributed by atoms with van der Waals surface area (Å²) in [4.78, 5) is 43.8. The Morgan fingerprint density at radius 3 is 2.54 bits per heavy atom. The molecule has 1 aliphatic carbocycles. The first kappa shape index (κ1) is 31.6. The molecule has 11 nitrogen and oxygen atoms in total. The third kappa shape index (κ3) is 5.94. The quantitative estimate of drug-likeness (QED) is 0.218. The predicted molar refractivity (Wildman–Crippen MR) is 177 cm³/mol. The number of carbonyl (C=O) groups excluding carboxylic acids is 2. The van der Waals surface area contributed by atoms with Gasteiger partial charge in [-0.2, -0.15) is 0 Å². The maximum atomic E-state index is 15.2. The van der Waals surface area contributed by atoms with Crippen LogP contribution in [0.2, 0.25) is 0 Å². The van der Waals surface area contributed by atoms with Crippen molar-refractivity contribution in [2.75, 3.05) is 0 Å². The van der Waals surface area contributed by atoms with Gasteiger partial charge in [0.15, 0.2) is 0 Å². The standard InChI is InChI=1S/C35H32BrFN6O5/c1-19-15-22(7-14-28(19)36)34(45)41-18-30-31(32(44)38-16-27-26(5-4-6-29(27)37)33-40-39-21(3)47-33)43(35(46)42(30)17-20(41)2)23-8-10-24(11-9-23)48-25-12-13-25/h4-11,14-15,20,25H,12-13,16-18H2,1-3H3,(H,38,44)/t20-/m0/s1. The molecule has 2 aliphatic rings. The lowest BCUT2D eigenvalue weighted by Gasteiger charge is -2.34. The topological polar surface area (TPSA) is 124 Å². The number of carbonyl (C=O) groups is 2. The molecule has 2 amide bonds. The Morgan fingerprint density at radius 2 is 1.85 bits per heavy atom. The monoisotopic (exact) mass is 714 g/mol. The second kappa shape index (κ2) is 12.5. The zero-order valence-electron chi connectivity index (χ0n) is 26.5. The molecule has 246 valence electrons. The largest absolute Gasteiger partial charge is 0.490 e. The summed E-state index contributed by atoms with van der Waals surface area (Å²) >= 11 is 3.49. The van der Waals surface area contributed by atoms with Gasteiger partial charge in [-0.1, -0.05) is 22.0 Å². The van der Waals surface area contributed by atoms with Crippen molar-refractivity contribution >= 4 is 27.7 Å². The van der Waals surface area contributed by atoms with Crippen LogP contribution in [0.15, 0.2) is 74.3 Å². The lowest BCUT2D eigenvalue weighted by molar-refractivity contribution is 0.0610. The number of halogens is 2. The van der Waals surface area contributed by atoms with Crippen LogP contribution in [0, 0.1) is 19.7 Å². The number of hydrogen-bond acceptors (Lipinski definition) is 7. The molecule has 5 aromatic rings. The summed E-state index contributed by atoms with van der Waals surface area (Å²) in [5.41, 5.74) is 2.36. The van der Waals surface area contributed by atoms with Gasteiger partial charge < -0.3 is 19.4 Å².